The second-order valence-corrected chi connectivity index (χ2v) is 7.81. The van der Waals surface area contributed by atoms with Gasteiger partial charge in [-0.25, -0.2) is 0 Å². The van der Waals surface area contributed by atoms with E-state index >= 15 is 0 Å². The fourth-order valence-electron chi connectivity index (χ4n) is 4.47. The molecule has 0 unspecified atom stereocenters. The number of carbonyl (C=O) groups is 1. The van der Waals surface area contributed by atoms with Crippen molar-refractivity contribution in [1.29, 1.82) is 0 Å². The lowest BCUT2D eigenvalue weighted by Crippen LogP contribution is -2.47. The number of nitrogens with one attached hydrogen (secondary N) is 1. The molecule has 0 aliphatic carbocycles. The Hall–Kier alpha value is -2.86. The predicted octanol–water partition coefficient (Wildman–Crippen LogP) is 3.29. The monoisotopic (exact) mass is 376 g/mol. The van der Waals surface area contributed by atoms with Crippen molar-refractivity contribution in [1.82, 2.24) is 20.0 Å². The minimum absolute atomic E-state index is 0.0875. The van der Waals surface area contributed by atoms with Crippen LogP contribution in [0, 0.1) is 5.92 Å². The molecule has 1 N–H and O–H groups in total. The molecule has 1 aromatic carbocycles. The number of furan rings is 1. The number of rotatable bonds is 5. The molecule has 3 aliphatic heterocycles. The first-order valence-corrected chi connectivity index (χ1v) is 9.91. The van der Waals surface area contributed by atoms with Crippen LogP contribution in [0.25, 0.3) is 11.5 Å². The molecule has 3 aliphatic rings. The van der Waals surface area contributed by atoms with Crippen LogP contribution in [0.5, 0.6) is 0 Å². The quantitative estimate of drug-likeness (QED) is 0.742. The van der Waals surface area contributed by atoms with Crippen LogP contribution < -0.4 is 0 Å². The third-order valence-corrected chi connectivity index (χ3v) is 5.87. The Morgan fingerprint density at radius 3 is 2.75 bits per heavy atom. The summed E-state index contributed by atoms with van der Waals surface area (Å²) in [6.45, 7) is 3.14. The normalized spacial score (nSPS) is 22.6. The van der Waals surface area contributed by atoms with Crippen molar-refractivity contribution in [3.05, 3.63) is 66.1 Å². The maximum absolute atomic E-state index is 13.0. The fourth-order valence-corrected chi connectivity index (χ4v) is 4.47. The van der Waals surface area contributed by atoms with E-state index in [1.54, 1.807) is 6.20 Å². The molecule has 2 bridgehead atoms. The van der Waals surface area contributed by atoms with Crippen molar-refractivity contribution in [2.24, 2.45) is 5.92 Å². The number of aromatic nitrogens is 2. The molecule has 3 saturated heterocycles. The second kappa shape index (κ2) is 7.28. The molecular formula is C22H24N4O2. The van der Waals surface area contributed by atoms with Gasteiger partial charge >= 0.3 is 0 Å². The average molecular weight is 376 g/mol. The van der Waals surface area contributed by atoms with E-state index in [0.29, 0.717) is 12.5 Å². The molecule has 0 saturated carbocycles. The van der Waals surface area contributed by atoms with Crippen LogP contribution in [-0.2, 0) is 17.9 Å². The molecule has 0 radical (unpaired) electrons. The van der Waals surface area contributed by atoms with Gasteiger partial charge in [-0.1, -0.05) is 30.3 Å². The zero-order chi connectivity index (χ0) is 18.9. The number of hydrogen-bond acceptors (Lipinski definition) is 4. The van der Waals surface area contributed by atoms with Gasteiger partial charge in [0.2, 0.25) is 5.91 Å². The molecule has 1 amide bonds. The van der Waals surface area contributed by atoms with Gasteiger partial charge in [0.15, 0.2) is 5.76 Å². The van der Waals surface area contributed by atoms with E-state index in [9.17, 15) is 4.79 Å². The number of hydrogen-bond donors (Lipinski definition) is 1. The van der Waals surface area contributed by atoms with Crippen molar-refractivity contribution in [2.45, 2.75) is 32.0 Å². The van der Waals surface area contributed by atoms with Gasteiger partial charge in [-0.2, -0.15) is 5.10 Å². The molecule has 2 atom stereocenters. The third kappa shape index (κ3) is 3.36. The number of nitrogens with zero attached hydrogens (tertiary/aromatic N) is 3. The highest BCUT2D eigenvalue weighted by Crippen LogP contribution is 2.31. The van der Waals surface area contributed by atoms with E-state index in [4.69, 9.17) is 4.42 Å². The topological polar surface area (TPSA) is 65.4 Å². The first kappa shape index (κ1) is 17.3. The van der Waals surface area contributed by atoms with E-state index in [1.165, 1.54) is 5.56 Å². The maximum atomic E-state index is 13.0. The van der Waals surface area contributed by atoms with Gasteiger partial charge in [0, 0.05) is 31.9 Å². The molecule has 6 nitrogen and oxygen atoms in total. The Bertz CT molecular complexity index is 935. The van der Waals surface area contributed by atoms with E-state index in [2.05, 4.69) is 32.1 Å². The molecule has 0 spiro atoms. The Morgan fingerprint density at radius 2 is 1.93 bits per heavy atom. The minimum atomic E-state index is 0.0875. The lowest BCUT2D eigenvalue weighted by molar-refractivity contribution is -0.140. The van der Waals surface area contributed by atoms with Crippen LogP contribution in [-0.4, -0.2) is 45.0 Å². The van der Waals surface area contributed by atoms with Crippen molar-refractivity contribution >= 4 is 5.91 Å². The molecule has 3 fully saturated rings. The van der Waals surface area contributed by atoms with Crippen molar-refractivity contribution in [2.75, 3.05) is 13.1 Å². The zero-order valence-corrected chi connectivity index (χ0v) is 15.8. The number of H-pyrrole nitrogens is 1. The number of piperidine rings is 1. The van der Waals surface area contributed by atoms with E-state index in [0.717, 1.165) is 49.7 Å². The molecule has 6 heteroatoms. The fraction of sp³-hybridized carbons (Fsp3) is 0.364. The van der Waals surface area contributed by atoms with Gasteiger partial charge in [0.1, 0.15) is 11.5 Å². The van der Waals surface area contributed by atoms with Crippen molar-refractivity contribution in [3.63, 3.8) is 0 Å². The van der Waals surface area contributed by atoms with Crippen LogP contribution in [0.1, 0.15) is 24.2 Å². The van der Waals surface area contributed by atoms with Gasteiger partial charge < -0.3 is 9.32 Å². The van der Waals surface area contributed by atoms with Crippen LogP contribution in [0.15, 0.2) is 59.1 Å². The van der Waals surface area contributed by atoms with E-state index in [1.807, 2.05) is 36.4 Å². The number of fused-ring (bicyclic) bond motifs is 4. The summed E-state index contributed by atoms with van der Waals surface area (Å²) in [7, 11) is 0. The van der Waals surface area contributed by atoms with Crippen LogP contribution in [0.4, 0.5) is 0 Å². The zero-order valence-electron chi connectivity index (χ0n) is 15.8. The average Bonchev–Trinajstić information content (AvgIpc) is 3.33. The molecular weight excluding hydrogens is 352 g/mol. The summed E-state index contributed by atoms with van der Waals surface area (Å²) >= 11 is 0. The molecule has 6 rings (SSSR count). The Labute approximate surface area is 164 Å². The molecule has 144 valence electrons. The van der Waals surface area contributed by atoms with Crippen molar-refractivity contribution in [3.8, 4) is 11.5 Å². The van der Waals surface area contributed by atoms with Crippen LogP contribution in [0.3, 0.4) is 0 Å². The van der Waals surface area contributed by atoms with Gasteiger partial charge in [0.05, 0.1) is 12.5 Å². The van der Waals surface area contributed by atoms with Crippen LogP contribution >= 0.6 is 0 Å². The highest BCUT2D eigenvalue weighted by atomic mass is 16.3. The predicted molar refractivity (Wildman–Crippen MR) is 105 cm³/mol. The summed E-state index contributed by atoms with van der Waals surface area (Å²) in [5.74, 6) is 2.12. The van der Waals surface area contributed by atoms with Crippen molar-refractivity contribution < 1.29 is 9.21 Å². The smallest absolute Gasteiger partial charge is 0.227 e. The number of aromatic amines is 1. The summed E-state index contributed by atoms with van der Waals surface area (Å²) in [5.41, 5.74) is 2.08. The van der Waals surface area contributed by atoms with Gasteiger partial charge in [-0.05, 0) is 36.6 Å². The summed E-state index contributed by atoms with van der Waals surface area (Å²) < 4.78 is 6.00. The van der Waals surface area contributed by atoms with E-state index < -0.39 is 0 Å². The Balaban J connectivity index is 1.30. The summed E-state index contributed by atoms with van der Waals surface area (Å²) in [6, 6.07) is 16.5. The maximum Gasteiger partial charge on any atom is 0.227 e. The first-order valence-electron chi connectivity index (χ1n) is 9.91. The highest BCUT2D eigenvalue weighted by molar-refractivity contribution is 5.80. The Morgan fingerprint density at radius 1 is 1.04 bits per heavy atom. The third-order valence-electron chi connectivity index (χ3n) is 5.87. The minimum Gasteiger partial charge on any atom is -0.458 e. The van der Waals surface area contributed by atoms with E-state index in [-0.39, 0.29) is 12.0 Å². The molecule has 28 heavy (non-hydrogen) atoms. The number of amides is 1. The standard InChI is InChI=1S/C22H24N4O2/c27-22-17-6-7-18(26(22)12-16-4-2-1-3-5-16)14-25(13-17)15-19-8-9-21(28-19)20-10-11-23-24-20/h1-5,8-11,17-18H,6-7,12-15H2,(H,23,24)/t17-,18+/m0/s1. The molecule has 3 aromatic rings. The summed E-state index contributed by atoms with van der Waals surface area (Å²) in [6.07, 6.45) is 3.79. The lowest BCUT2D eigenvalue weighted by Gasteiger charge is -2.36. The van der Waals surface area contributed by atoms with Crippen LogP contribution in [0.2, 0.25) is 0 Å². The SMILES string of the molecule is O=C1[C@H]2CC[C@H](CN(Cc3ccc(-c4ccn[nH]4)o3)C2)N1Cc1ccccc1. The highest BCUT2D eigenvalue weighted by Gasteiger charge is 2.40. The number of carbonyl (C=O) groups excluding carboxylic acids is 1. The molecule has 5 heterocycles. The Kier molecular flexibility index (Phi) is 4.49. The summed E-state index contributed by atoms with van der Waals surface area (Å²) in [5, 5.41) is 6.91. The van der Waals surface area contributed by atoms with Gasteiger partial charge in [-0.3, -0.25) is 14.8 Å². The summed E-state index contributed by atoms with van der Waals surface area (Å²) in [4.78, 5) is 17.5. The largest absolute Gasteiger partial charge is 0.458 e. The van der Waals surface area contributed by atoms with Gasteiger partial charge in [0.25, 0.3) is 0 Å². The first-order chi connectivity index (χ1) is 13.8. The number of benzene rings is 1. The molecule has 2 aromatic heterocycles. The second-order valence-electron chi connectivity index (χ2n) is 7.81. The lowest BCUT2D eigenvalue weighted by atomic mass is 9.93. The van der Waals surface area contributed by atoms with Gasteiger partial charge in [-0.15, -0.1) is 0 Å².